The van der Waals surface area contributed by atoms with Crippen LogP contribution in [0.15, 0.2) is 42.5 Å². The first kappa shape index (κ1) is 17.2. The molecule has 1 nitrogen and oxygen atoms in total. The molecule has 0 heterocycles. The first-order valence-electron chi connectivity index (χ1n) is 8.32. The Morgan fingerprint density at radius 2 is 1.65 bits per heavy atom. The summed E-state index contributed by atoms with van der Waals surface area (Å²) in [6, 6.07) is 13.0. The topological polar surface area (TPSA) is 26.0 Å². The number of rotatable bonds is 6. The highest BCUT2D eigenvalue weighted by Crippen LogP contribution is 2.13. The van der Waals surface area contributed by atoms with Crippen LogP contribution in [0.3, 0.4) is 0 Å². The smallest absolute Gasteiger partial charge is 0.138 e. The van der Waals surface area contributed by atoms with Crippen molar-refractivity contribution >= 4 is 0 Å². The molecule has 0 aliphatic rings. The average molecular weight is 309 g/mol. The lowest BCUT2D eigenvalue weighted by Crippen LogP contribution is -1.95. The van der Waals surface area contributed by atoms with E-state index in [0.717, 1.165) is 29.5 Å². The van der Waals surface area contributed by atoms with Crippen molar-refractivity contribution in [3.8, 4) is 11.8 Å². The summed E-state index contributed by atoms with van der Waals surface area (Å²) in [7, 11) is 0. The monoisotopic (exact) mass is 309 g/mol. The minimum Gasteiger partial charge on any atom is -0.326 e. The molecule has 0 aliphatic heterocycles. The second-order valence-electron chi connectivity index (χ2n) is 5.78. The molecule has 0 atom stereocenters. The van der Waals surface area contributed by atoms with Gasteiger partial charge in [-0.05, 0) is 48.2 Å². The average Bonchev–Trinajstić information content (AvgIpc) is 2.59. The summed E-state index contributed by atoms with van der Waals surface area (Å²) in [6.45, 7) is 2.72. The summed E-state index contributed by atoms with van der Waals surface area (Å²) in [5.74, 6) is 5.72. The summed E-state index contributed by atoms with van der Waals surface area (Å²) in [4.78, 5) is 0. The van der Waals surface area contributed by atoms with Crippen LogP contribution in [0.2, 0.25) is 0 Å². The van der Waals surface area contributed by atoms with Crippen LogP contribution < -0.4 is 5.73 Å². The van der Waals surface area contributed by atoms with Crippen molar-refractivity contribution in [2.75, 3.05) is 0 Å². The molecule has 23 heavy (non-hydrogen) atoms. The molecule has 2 heteroatoms. The second kappa shape index (κ2) is 9.12. The summed E-state index contributed by atoms with van der Waals surface area (Å²) in [5.41, 5.74) is 9.14. The van der Waals surface area contributed by atoms with Crippen LogP contribution in [0.5, 0.6) is 0 Å². The number of unbranched alkanes of at least 4 members (excludes halogenated alkanes) is 3. The minimum absolute atomic E-state index is 0.256. The Balaban J connectivity index is 2.08. The Bertz CT molecular complexity index is 677. The molecule has 2 rings (SSSR count). The zero-order valence-corrected chi connectivity index (χ0v) is 13.7. The molecule has 0 aromatic heterocycles. The Hall–Kier alpha value is -2.11. The highest BCUT2D eigenvalue weighted by molar-refractivity contribution is 5.45. The zero-order chi connectivity index (χ0) is 16.5. The molecular weight excluding hydrogens is 285 g/mol. The Morgan fingerprint density at radius 1 is 0.913 bits per heavy atom. The summed E-state index contributed by atoms with van der Waals surface area (Å²) < 4.78 is 13.9. The van der Waals surface area contributed by atoms with E-state index in [1.165, 1.54) is 25.3 Å². The lowest BCUT2D eigenvalue weighted by Gasteiger charge is -2.03. The molecule has 0 amide bonds. The molecule has 2 N–H and O–H groups in total. The van der Waals surface area contributed by atoms with Gasteiger partial charge in [0, 0.05) is 12.1 Å². The van der Waals surface area contributed by atoms with Gasteiger partial charge in [-0.25, -0.2) is 4.39 Å². The van der Waals surface area contributed by atoms with Crippen molar-refractivity contribution in [1.29, 1.82) is 0 Å². The lowest BCUT2D eigenvalue weighted by molar-refractivity contribution is 0.621. The first-order chi connectivity index (χ1) is 11.2. The number of aryl methyl sites for hydroxylation is 1. The van der Waals surface area contributed by atoms with E-state index in [4.69, 9.17) is 5.73 Å². The van der Waals surface area contributed by atoms with Crippen molar-refractivity contribution in [2.45, 2.75) is 45.6 Å². The van der Waals surface area contributed by atoms with Crippen LogP contribution in [0.4, 0.5) is 4.39 Å². The van der Waals surface area contributed by atoms with Crippen molar-refractivity contribution in [3.05, 3.63) is 70.5 Å². The highest BCUT2D eigenvalue weighted by atomic mass is 19.1. The Morgan fingerprint density at radius 3 is 2.35 bits per heavy atom. The van der Waals surface area contributed by atoms with Gasteiger partial charge in [-0.1, -0.05) is 56.2 Å². The van der Waals surface area contributed by atoms with E-state index in [-0.39, 0.29) is 5.82 Å². The third-order valence-corrected chi connectivity index (χ3v) is 3.88. The van der Waals surface area contributed by atoms with Crippen molar-refractivity contribution in [3.63, 3.8) is 0 Å². The summed E-state index contributed by atoms with van der Waals surface area (Å²) in [6.07, 6.45) is 5.84. The lowest BCUT2D eigenvalue weighted by atomic mass is 10.0. The zero-order valence-electron chi connectivity index (χ0n) is 13.7. The van der Waals surface area contributed by atoms with Crippen LogP contribution in [0.25, 0.3) is 0 Å². The van der Waals surface area contributed by atoms with Crippen molar-refractivity contribution < 1.29 is 4.39 Å². The Kier molecular flexibility index (Phi) is 6.84. The highest BCUT2D eigenvalue weighted by Gasteiger charge is 2.01. The number of nitrogens with two attached hydrogens (primary N) is 1. The molecule has 0 saturated heterocycles. The van der Waals surface area contributed by atoms with Crippen LogP contribution in [-0.4, -0.2) is 0 Å². The normalized spacial score (nSPS) is 10.2. The van der Waals surface area contributed by atoms with Crippen LogP contribution in [-0.2, 0) is 13.0 Å². The van der Waals surface area contributed by atoms with E-state index in [0.29, 0.717) is 12.1 Å². The van der Waals surface area contributed by atoms with Gasteiger partial charge in [-0.15, -0.1) is 0 Å². The van der Waals surface area contributed by atoms with E-state index < -0.39 is 0 Å². The molecule has 120 valence electrons. The number of hydrogen-bond acceptors (Lipinski definition) is 1. The molecule has 2 aromatic rings. The van der Waals surface area contributed by atoms with Gasteiger partial charge in [-0.3, -0.25) is 0 Å². The van der Waals surface area contributed by atoms with E-state index >= 15 is 0 Å². The quantitative estimate of drug-likeness (QED) is 0.601. The molecule has 0 saturated carbocycles. The largest absolute Gasteiger partial charge is 0.326 e. The maximum Gasteiger partial charge on any atom is 0.138 e. The fourth-order valence-corrected chi connectivity index (χ4v) is 2.44. The van der Waals surface area contributed by atoms with Gasteiger partial charge in [0.05, 0.1) is 5.56 Å². The Labute approximate surface area is 138 Å². The van der Waals surface area contributed by atoms with Gasteiger partial charge < -0.3 is 5.73 Å². The van der Waals surface area contributed by atoms with E-state index in [9.17, 15) is 4.39 Å². The van der Waals surface area contributed by atoms with Gasteiger partial charge in [-0.2, -0.15) is 0 Å². The molecule has 0 unspecified atom stereocenters. The van der Waals surface area contributed by atoms with E-state index in [2.05, 4.69) is 18.8 Å². The SMILES string of the molecule is CCCCCCc1ccc(F)c(C#Cc2ccc(CN)cc2)c1. The molecular formula is C21H24FN. The molecule has 0 aliphatic carbocycles. The minimum atomic E-state index is -0.256. The standard InChI is InChI=1S/C21H24FN/c1-2-3-4-5-6-18-12-14-21(22)20(15-18)13-11-17-7-9-19(16-23)10-8-17/h7-10,12,14-15H,2-6,16,23H2,1H3. The summed E-state index contributed by atoms with van der Waals surface area (Å²) >= 11 is 0. The third-order valence-electron chi connectivity index (χ3n) is 3.88. The molecule has 2 aromatic carbocycles. The third kappa shape index (κ3) is 5.54. The van der Waals surface area contributed by atoms with Crippen LogP contribution in [0.1, 0.15) is 54.9 Å². The number of benzene rings is 2. The molecule has 0 bridgehead atoms. The maximum absolute atomic E-state index is 13.9. The van der Waals surface area contributed by atoms with Crippen LogP contribution in [0, 0.1) is 17.7 Å². The van der Waals surface area contributed by atoms with Crippen LogP contribution >= 0.6 is 0 Å². The van der Waals surface area contributed by atoms with Gasteiger partial charge in [0.25, 0.3) is 0 Å². The van der Waals surface area contributed by atoms with E-state index in [1.54, 1.807) is 0 Å². The fraction of sp³-hybridized carbons (Fsp3) is 0.333. The molecule has 0 spiro atoms. The first-order valence-corrected chi connectivity index (χ1v) is 8.32. The maximum atomic E-state index is 13.9. The van der Waals surface area contributed by atoms with E-state index in [1.807, 2.05) is 36.4 Å². The fourth-order valence-electron chi connectivity index (χ4n) is 2.44. The summed E-state index contributed by atoms with van der Waals surface area (Å²) in [5, 5.41) is 0. The van der Waals surface area contributed by atoms with Gasteiger partial charge in [0.2, 0.25) is 0 Å². The van der Waals surface area contributed by atoms with Crippen molar-refractivity contribution in [1.82, 2.24) is 0 Å². The molecule has 0 radical (unpaired) electrons. The van der Waals surface area contributed by atoms with Gasteiger partial charge in [0.15, 0.2) is 0 Å². The predicted octanol–water partition coefficient (Wildman–Crippen LogP) is 4.81. The number of halogens is 1. The van der Waals surface area contributed by atoms with Gasteiger partial charge in [0.1, 0.15) is 5.82 Å². The predicted molar refractivity (Wildman–Crippen MR) is 94.6 cm³/mol. The molecule has 0 fully saturated rings. The second-order valence-corrected chi connectivity index (χ2v) is 5.78. The van der Waals surface area contributed by atoms with Gasteiger partial charge >= 0.3 is 0 Å². The van der Waals surface area contributed by atoms with Crippen molar-refractivity contribution in [2.24, 2.45) is 5.73 Å². The number of hydrogen-bond donors (Lipinski definition) is 1.